The van der Waals surface area contributed by atoms with Crippen molar-refractivity contribution in [3.63, 3.8) is 0 Å². The van der Waals surface area contributed by atoms with E-state index in [9.17, 15) is 4.79 Å². The van der Waals surface area contributed by atoms with Gasteiger partial charge in [0.1, 0.15) is 5.92 Å². The molecule has 5 N–H and O–H groups in total. The lowest BCUT2D eigenvalue weighted by atomic mass is 9.95. The summed E-state index contributed by atoms with van der Waals surface area (Å²) in [5, 5.41) is 8.56. The third kappa shape index (κ3) is 3.26. The monoisotopic (exact) mass is 303 g/mol. The standard InChI is InChI=1S/C14H17N5OS/c1-9-12(10(7-15)8-17-14(16)21)13(20)19(18-9)11-5-3-2-4-6-11/h2-6,8,12H,7,15H2,1H3,(H3,16,17,21)/b10-8+. The van der Waals surface area contributed by atoms with Crippen molar-refractivity contribution in [1.29, 1.82) is 0 Å². The van der Waals surface area contributed by atoms with Crippen molar-refractivity contribution in [3.8, 4) is 0 Å². The molecule has 0 aromatic heterocycles. The number of rotatable bonds is 4. The molecule has 0 saturated heterocycles. The molecule has 0 fully saturated rings. The van der Waals surface area contributed by atoms with Gasteiger partial charge in [0.05, 0.1) is 11.4 Å². The Hall–Kier alpha value is -2.25. The van der Waals surface area contributed by atoms with Crippen LogP contribution in [0.5, 0.6) is 0 Å². The number of hydrazone groups is 1. The van der Waals surface area contributed by atoms with Crippen LogP contribution in [0.25, 0.3) is 0 Å². The molecule has 0 saturated carbocycles. The minimum Gasteiger partial charge on any atom is -0.376 e. The van der Waals surface area contributed by atoms with Crippen LogP contribution in [0.2, 0.25) is 0 Å². The first-order valence-electron chi connectivity index (χ1n) is 6.43. The number of thiocarbonyl (C=S) groups is 1. The quantitative estimate of drug-likeness (QED) is 0.712. The number of anilines is 1. The van der Waals surface area contributed by atoms with Crippen LogP contribution in [-0.4, -0.2) is 23.3 Å². The lowest BCUT2D eigenvalue weighted by molar-refractivity contribution is -0.119. The maximum absolute atomic E-state index is 12.6. The van der Waals surface area contributed by atoms with Crippen molar-refractivity contribution in [2.75, 3.05) is 11.6 Å². The van der Waals surface area contributed by atoms with Gasteiger partial charge in [0, 0.05) is 12.7 Å². The summed E-state index contributed by atoms with van der Waals surface area (Å²) in [6, 6.07) is 9.26. The van der Waals surface area contributed by atoms with Gasteiger partial charge in [0.15, 0.2) is 5.11 Å². The Morgan fingerprint density at radius 1 is 1.48 bits per heavy atom. The number of nitrogens with two attached hydrogens (primary N) is 2. The molecule has 1 aliphatic heterocycles. The van der Waals surface area contributed by atoms with Gasteiger partial charge >= 0.3 is 0 Å². The van der Waals surface area contributed by atoms with Crippen LogP contribution in [0, 0.1) is 5.92 Å². The second-order valence-electron chi connectivity index (χ2n) is 4.59. The van der Waals surface area contributed by atoms with Crippen LogP contribution in [-0.2, 0) is 4.79 Å². The molecule has 1 aromatic carbocycles. The van der Waals surface area contributed by atoms with Crippen LogP contribution in [0.4, 0.5) is 5.69 Å². The first kappa shape index (κ1) is 15.1. The molecule has 1 aromatic rings. The molecule has 1 atom stereocenters. The summed E-state index contributed by atoms with van der Waals surface area (Å²) in [6.07, 6.45) is 1.58. The van der Waals surface area contributed by atoms with Crippen LogP contribution in [0.1, 0.15) is 6.92 Å². The fourth-order valence-electron chi connectivity index (χ4n) is 2.17. The maximum Gasteiger partial charge on any atom is 0.260 e. The number of nitrogens with one attached hydrogen (secondary N) is 1. The van der Waals surface area contributed by atoms with Crippen LogP contribution in [0.3, 0.4) is 0 Å². The molecule has 7 heteroatoms. The number of benzene rings is 1. The van der Waals surface area contributed by atoms with Crippen molar-refractivity contribution in [3.05, 3.63) is 42.1 Å². The predicted molar refractivity (Wildman–Crippen MR) is 87.6 cm³/mol. The van der Waals surface area contributed by atoms with Crippen LogP contribution >= 0.6 is 12.2 Å². The number of hydrogen-bond acceptors (Lipinski definition) is 4. The van der Waals surface area contributed by atoms with Gasteiger partial charge < -0.3 is 16.8 Å². The third-order valence-corrected chi connectivity index (χ3v) is 3.26. The van der Waals surface area contributed by atoms with Gasteiger partial charge in [-0.2, -0.15) is 10.1 Å². The second-order valence-corrected chi connectivity index (χ2v) is 5.03. The number of para-hydroxylation sites is 1. The first-order valence-corrected chi connectivity index (χ1v) is 6.84. The summed E-state index contributed by atoms with van der Waals surface area (Å²) < 4.78 is 0. The molecule has 0 radical (unpaired) electrons. The molecule has 1 amide bonds. The van der Waals surface area contributed by atoms with Gasteiger partial charge in [-0.1, -0.05) is 18.2 Å². The summed E-state index contributed by atoms with van der Waals surface area (Å²) >= 11 is 4.75. The van der Waals surface area contributed by atoms with Crippen LogP contribution < -0.4 is 21.8 Å². The predicted octanol–water partition coefficient (Wildman–Crippen LogP) is 0.701. The lowest BCUT2D eigenvalue weighted by Crippen LogP contribution is -2.32. The summed E-state index contributed by atoms with van der Waals surface area (Å²) in [5.74, 6) is -0.628. The topological polar surface area (TPSA) is 96.7 Å². The van der Waals surface area contributed by atoms with E-state index >= 15 is 0 Å². The highest BCUT2D eigenvalue weighted by molar-refractivity contribution is 7.80. The second kappa shape index (κ2) is 6.47. The highest BCUT2D eigenvalue weighted by Crippen LogP contribution is 2.27. The molecule has 2 rings (SSSR count). The average Bonchev–Trinajstić information content (AvgIpc) is 2.77. The van der Waals surface area contributed by atoms with Gasteiger partial charge in [0.2, 0.25) is 0 Å². The zero-order chi connectivity index (χ0) is 15.4. The van der Waals surface area contributed by atoms with E-state index in [2.05, 4.69) is 10.4 Å². The van der Waals surface area contributed by atoms with E-state index in [4.69, 9.17) is 23.7 Å². The normalized spacial score (nSPS) is 18.7. The molecule has 0 aliphatic carbocycles. The highest BCUT2D eigenvalue weighted by atomic mass is 32.1. The molecule has 1 aliphatic rings. The number of hydrogen-bond donors (Lipinski definition) is 3. The van der Waals surface area contributed by atoms with Gasteiger partial charge in [-0.05, 0) is 36.8 Å². The molecule has 21 heavy (non-hydrogen) atoms. The van der Waals surface area contributed by atoms with Crippen molar-refractivity contribution >= 4 is 34.6 Å². The SMILES string of the molecule is CC1=NN(c2ccccc2)C(=O)C1/C(=C/NC(N)=S)CN. The molecule has 1 unspecified atom stereocenters. The van der Waals surface area contributed by atoms with E-state index < -0.39 is 5.92 Å². The average molecular weight is 303 g/mol. The zero-order valence-corrected chi connectivity index (χ0v) is 12.4. The van der Waals surface area contributed by atoms with E-state index in [0.29, 0.717) is 11.3 Å². The van der Waals surface area contributed by atoms with Crippen LogP contribution in [0.15, 0.2) is 47.2 Å². The van der Waals surface area contributed by atoms with E-state index in [1.54, 1.807) is 13.1 Å². The minimum atomic E-state index is -0.489. The summed E-state index contributed by atoms with van der Waals surface area (Å²) in [7, 11) is 0. The number of nitrogens with zero attached hydrogens (tertiary/aromatic N) is 2. The number of carbonyl (C=O) groups is 1. The summed E-state index contributed by atoms with van der Waals surface area (Å²) in [6.45, 7) is 2.01. The smallest absolute Gasteiger partial charge is 0.260 e. The van der Waals surface area contributed by atoms with Crippen molar-refractivity contribution in [2.45, 2.75) is 6.92 Å². The lowest BCUT2D eigenvalue weighted by Gasteiger charge is -2.16. The Morgan fingerprint density at radius 2 is 2.14 bits per heavy atom. The highest BCUT2D eigenvalue weighted by Gasteiger charge is 2.36. The van der Waals surface area contributed by atoms with E-state index in [1.807, 2.05) is 30.3 Å². The Bertz CT molecular complexity index is 611. The Balaban J connectivity index is 2.27. The maximum atomic E-state index is 12.6. The first-order chi connectivity index (χ1) is 10.0. The Labute approximate surface area is 128 Å². The molecule has 0 spiro atoms. The number of amides is 1. The Kier molecular flexibility index (Phi) is 4.66. The summed E-state index contributed by atoms with van der Waals surface area (Å²) in [5.41, 5.74) is 13.2. The number of carbonyl (C=O) groups excluding carboxylic acids is 1. The van der Waals surface area contributed by atoms with Crippen molar-refractivity contribution < 1.29 is 4.79 Å². The zero-order valence-electron chi connectivity index (χ0n) is 11.6. The van der Waals surface area contributed by atoms with E-state index in [-0.39, 0.29) is 17.6 Å². The third-order valence-electron chi connectivity index (χ3n) is 3.14. The molecule has 0 bridgehead atoms. The molecule has 6 nitrogen and oxygen atoms in total. The largest absolute Gasteiger partial charge is 0.376 e. The van der Waals surface area contributed by atoms with E-state index in [1.165, 1.54) is 5.01 Å². The van der Waals surface area contributed by atoms with Crippen molar-refractivity contribution in [2.24, 2.45) is 22.5 Å². The minimum absolute atomic E-state index is 0.126. The molecule has 1 heterocycles. The fraction of sp³-hybridized carbons (Fsp3) is 0.214. The molecular formula is C14H17N5OS. The van der Waals surface area contributed by atoms with Crippen molar-refractivity contribution in [1.82, 2.24) is 5.32 Å². The molecule has 110 valence electrons. The van der Waals surface area contributed by atoms with E-state index in [0.717, 1.165) is 5.69 Å². The van der Waals surface area contributed by atoms with Gasteiger partial charge in [-0.15, -0.1) is 0 Å². The molecular weight excluding hydrogens is 286 g/mol. The Morgan fingerprint density at radius 3 is 2.71 bits per heavy atom. The van der Waals surface area contributed by atoms with Gasteiger partial charge in [-0.25, -0.2) is 0 Å². The summed E-state index contributed by atoms with van der Waals surface area (Å²) in [4.78, 5) is 12.6. The van der Waals surface area contributed by atoms with Gasteiger partial charge in [0.25, 0.3) is 5.91 Å². The fourth-order valence-corrected chi connectivity index (χ4v) is 2.23. The van der Waals surface area contributed by atoms with Gasteiger partial charge in [-0.3, -0.25) is 4.79 Å².